The van der Waals surface area contributed by atoms with Gasteiger partial charge in [0.2, 0.25) is 0 Å². The van der Waals surface area contributed by atoms with Gasteiger partial charge in [0.15, 0.2) is 5.96 Å². The molecular formula is C14H22N4O. The number of hydrogen-bond acceptors (Lipinski definition) is 3. The minimum atomic E-state index is -0.0668. The van der Waals surface area contributed by atoms with E-state index in [1.165, 1.54) is 0 Å². The number of hydrogen-bond donors (Lipinski definition) is 2. The van der Waals surface area contributed by atoms with Crippen molar-refractivity contribution in [1.29, 1.82) is 0 Å². The maximum atomic E-state index is 5.74. The highest BCUT2D eigenvalue weighted by Gasteiger charge is 2.29. The lowest BCUT2D eigenvalue weighted by Crippen LogP contribution is -2.45. The summed E-state index contributed by atoms with van der Waals surface area (Å²) in [5, 5.41) is 6.56. The molecule has 0 spiro atoms. The molecule has 2 N–H and O–H groups in total. The Morgan fingerprint density at radius 1 is 1.47 bits per heavy atom. The van der Waals surface area contributed by atoms with Gasteiger partial charge in [-0.25, -0.2) is 0 Å². The molecule has 0 aliphatic carbocycles. The largest absolute Gasteiger partial charge is 0.373 e. The van der Waals surface area contributed by atoms with Gasteiger partial charge in [0.1, 0.15) is 0 Å². The maximum absolute atomic E-state index is 5.74. The minimum Gasteiger partial charge on any atom is -0.373 e. The fourth-order valence-corrected chi connectivity index (χ4v) is 2.14. The van der Waals surface area contributed by atoms with Crippen molar-refractivity contribution < 1.29 is 4.74 Å². The van der Waals surface area contributed by atoms with Crippen LogP contribution in [0.5, 0.6) is 0 Å². The van der Waals surface area contributed by atoms with E-state index in [0.717, 1.165) is 37.6 Å². The summed E-state index contributed by atoms with van der Waals surface area (Å²) in [6, 6.07) is 5.88. The van der Waals surface area contributed by atoms with Crippen LogP contribution in [0.1, 0.15) is 25.5 Å². The van der Waals surface area contributed by atoms with Crippen molar-refractivity contribution in [2.75, 3.05) is 20.2 Å². The Kier molecular flexibility index (Phi) is 4.74. The zero-order valence-corrected chi connectivity index (χ0v) is 11.6. The molecule has 1 saturated heterocycles. The van der Waals surface area contributed by atoms with Gasteiger partial charge >= 0.3 is 0 Å². The number of rotatable bonds is 4. The van der Waals surface area contributed by atoms with Crippen LogP contribution < -0.4 is 10.6 Å². The molecule has 104 valence electrons. The Morgan fingerprint density at radius 2 is 2.37 bits per heavy atom. The first-order valence-corrected chi connectivity index (χ1v) is 6.70. The standard InChI is InChI=1S/C14H22N4O/c1-14(7-5-9-19-14)11-18-13(15-2)17-10-12-6-3-4-8-16-12/h3-4,6,8H,5,7,9-11H2,1-2H3,(H2,15,17,18). The Balaban J connectivity index is 1.78. The van der Waals surface area contributed by atoms with Crippen LogP contribution >= 0.6 is 0 Å². The van der Waals surface area contributed by atoms with Gasteiger partial charge in [-0.3, -0.25) is 9.98 Å². The van der Waals surface area contributed by atoms with E-state index >= 15 is 0 Å². The molecule has 1 unspecified atom stereocenters. The highest BCUT2D eigenvalue weighted by atomic mass is 16.5. The number of aliphatic imine (C=N–C) groups is 1. The van der Waals surface area contributed by atoms with E-state index < -0.39 is 0 Å². The summed E-state index contributed by atoms with van der Waals surface area (Å²) in [6.45, 7) is 4.43. The predicted molar refractivity (Wildman–Crippen MR) is 76.0 cm³/mol. The van der Waals surface area contributed by atoms with Crippen LogP contribution in [0.3, 0.4) is 0 Å². The molecule has 1 aliphatic heterocycles. The third-order valence-corrected chi connectivity index (χ3v) is 3.32. The van der Waals surface area contributed by atoms with Crippen molar-refractivity contribution in [3.05, 3.63) is 30.1 Å². The molecule has 5 heteroatoms. The van der Waals surface area contributed by atoms with Crippen molar-refractivity contribution in [3.63, 3.8) is 0 Å². The number of guanidine groups is 1. The minimum absolute atomic E-state index is 0.0668. The molecular weight excluding hydrogens is 240 g/mol. The van der Waals surface area contributed by atoms with Crippen molar-refractivity contribution >= 4 is 5.96 Å². The van der Waals surface area contributed by atoms with Crippen molar-refractivity contribution in [1.82, 2.24) is 15.6 Å². The summed E-state index contributed by atoms with van der Waals surface area (Å²) >= 11 is 0. The smallest absolute Gasteiger partial charge is 0.191 e. The van der Waals surface area contributed by atoms with Gasteiger partial charge in [-0.15, -0.1) is 0 Å². The zero-order valence-electron chi connectivity index (χ0n) is 11.6. The van der Waals surface area contributed by atoms with E-state index in [1.54, 1.807) is 13.2 Å². The topological polar surface area (TPSA) is 58.5 Å². The highest BCUT2D eigenvalue weighted by molar-refractivity contribution is 5.79. The molecule has 1 atom stereocenters. The molecule has 0 aromatic carbocycles. The second-order valence-corrected chi connectivity index (χ2v) is 5.00. The van der Waals surface area contributed by atoms with Crippen LogP contribution in [0.2, 0.25) is 0 Å². The molecule has 1 aliphatic rings. The Morgan fingerprint density at radius 3 is 3.00 bits per heavy atom. The van der Waals surface area contributed by atoms with Crippen molar-refractivity contribution in [3.8, 4) is 0 Å². The average Bonchev–Trinajstić information content (AvgIpc) is 2.87. The van der Waals surface area contributed by atoms with E-state index in [-0.39, 0.29) is 5.60 Å². The number of nitrogens with one attached hydrogen (secondary N) is 2. The average molecular weight is 262 g/mol. The first-order valence-electron chi connectivity index (χ1n) is 6.70. The summed E-state index contributed by atoms with van der Waals surface area (Å²) in [7, 11) is 1.77. The van der Waals surface area contributed by atoms with Gasteiger partial charge in [-0.05, 0) is 31.9 Å². The van der Waals surface area contributed by atoms with Crippen LogP contribution in [-0.4, -0.2) is 36.7 Å². The van der Waals surface area contributed by atoms with Crippen molar-refractivity contribution in [2.24, 2.45) is 4.99 Å². The fraction of sp³-hybridized carbons (Fsp3) is 0.571. The van der Waals surface area contributed by atoms with Crippen LogP contribution in [0.15, 0.2) is 29.4 Å². The van der Waals surface area contributed by atoms with Crippen LogP contribution in [0, 0.1) is 0 Å². The van der Waals surface area contributed by atoms with Gasteiger partial charge in [0.05, 0.1) is 17.8 Å². The Labute approximate surface area is 114 Å². The molecule has 1 fully saturated rings. The summed E-state index contributed by atoms with van der Waals surface area (Å²) in [5.41, 5.74) is 0.927. The van der Waals surface area contributed by atoms with E-state index in [9.17, 15) is 0 Å². The number of aromatic nitrogens is 1. The molecule has 0 amide bonds. The summed E-state index contributed by atoms with van der Waals surface area (Å²) in [5.74, 6) is 0.780. The third-order valence-electron chi connectivity index (χ3n) is 3.32. The van der Waals surface area contributed by atoms with E-state index in [0.29, 0.717) is 6.54 Å². The predicted octanol–water partition coefficient (Wildman–Crippen LogP) is 1.32. The van der Waals surface area contributed by atoms with Gasteiger partial charge in [0, 0.05) is 26.4 Å². The third kappa shape index (κ3) is 4.21. The van der Waals surface area contributed by atoms with Crippen LogP contribution in [0.25, 0.3) is 0 Å². The maximum Gasteiger partial charge on any atom is 0.191 e. The molecule has 0 saturated carbocycles. The van der Waals surface area contributed by atoms with Gasteiger partial charge in [0.25, 0.3) is 0 Å². The van der Waals surface area contributed by atoms with Crippen LogP contribution in [0.4, 0.5) is 0 Å². The van der Waals surface area contributed by atoms with E-state index in [4.69, 9.17) is 4.74 Å². The lowest BCUT2D eigenvalue weighted by molar-refractivity contribution is 0.0243. The Hall–Kier alpha value is -1.62. The molecule has 1 aromatic heterocycles. The normalized spacial score (nSPS) is 23.4. The molecule has 1 aromatic rings. The van der Waals surface area contributed by atoms with Gasteiger partial charge < -0.3 is 15.4 Å². The Bertz CT molecular complexity index is 413. The molecule has 5 nitrogen and oxygen atoms in total. The van der Waals surface area contributed by atoms with Crippen molar-refractivity contribution in [2.45, 2.75) is 31.9 Å². The molecule has 19 heavy (non-hydrogen) atoms. The summed E-state index contributed by atoms with van der Waals surface area (Å²) in [6.07, 6.45) is 4.02. The second-order valence-electron chi connectivity index (χ2n) is 5.00. The molecule has 0 bridgehead atoms. The fourth-order valence-electron chi connectivity index (χ4n) is 2.14. The number of nitrogens with zero attached hydrogens (tertiary/aromatic N) is 2. The molecule has 2 heterocycles. The zero-order chi connectivity index (χ0) is 13.6. The summed E-state index contributed by atoms with van der Waals surface area (Å²) in [4.78, 5) is 8.47. The SMILES string of the molecule is CN=C(NCc1ccccn1)NCC1(C)CCCO1. The first-order chi connectivity index (χ1) is 9.22. The highest BCUT2D eigenvalue weighted by Crippen LogP contribution is 2.23. The second kappa shape index (κ2) is 6.52. The lowest BCUT2D eigenvalue weighted by atomic mass is 10.0. The molecule has 2 rings (SSSR count). The van der Waals surface area contributed by atoms with Crippen LogP contribution in [-0.2, 0) is 11.3 Å². The van der Waals surface area contributed by atoms with Gasteiger partial charge in [-0.2, -0.15) is 0 Å². The monoisotopic (exact) mass is 262 g/mol. The quantitative estimate of drug-likeness (QED) is 0.634. The lowest BCUT2D eigenvalue weighted by Gasteiger charge is -2.24. The number of pyridine rings is 1. The first kappa shape index (κ1) is 13.8. The van der Waals surface area contributed by atoms with E-state index in [1.807, 2.05) is 18.2 Å². The molecule has 0 radical (unpaired) electrons. The van der Waals surface area contributed by atoms with E-state index in [2.05, 4.69) is 27.5 Å². The van der Waals surface area contributed by atoms with Gasteiger partial charge in [-0.1, -0.05) is 6.07 Å². The number of ether oxygens (including phenoxy) is 1. The summed E-state index contributed by atoms with van der Waals surface area (Å²) < 4.78 is 5.74.